The van der Waals surface area contributed by atoms with Gasteiger partial charge in [-0.15, -0.1) is 0 Å². The molecule has 0 saturated carbocycles. The van der Waals surface area contributed by atoms with Crippen LogP contribution in [0.2, 0.25) is 0 Å². The number of nitrogens with zero attached hydrogens (tertiary/aromatic N) is 3. The first kappa shape index (κ1) is 35.2. The zero-order valence-electron chi connectivity index (χ0n) is 27.4. The van der Waals surface area contributed by atoms with Gasteiger partial charge in [-0.25, -0.2) is 4.98 Å². The number of carbonyl (C=O) groups excluding carboxylic acids is 2. The maximum Gasteiger partial charge on any atom is 0.310 e. The second-order valence-electron chi connectivity index (χ2n) is 13.6. The van der Waals surface area contributed by atoms with Crippen molar-refractivity contribution in [2.45, 2.75) is 166 Å². The topological polar surface area (TPSA) is 126 Å². The van der Waals surface area contributed by atoms with E-state index in [0.717, 1.165) is 38.5 Å². The number of nitrogens with two attached hydrogens (primary N) is 1. The molecule has 4 atom stereocenters. The maximum atomic E-state index is 13.7. The highest BCUT2D eigenvalue weighted by atomic mass is 19.1. The fourth-order valence-electron chi connectivity index (χ4n) is 6.86. The monoisotopic (exact) mass is 630 g/mol. The van der Waals surface area contributed by atoms with Crippen LogP contribution >= 0.6 is 0 Å². The number of fused-ring (bicyclic) bond motifs is 2. The quantitative estimate of drug-likeness (QED) is 0.258. The van der Waals surface area contributed by atoms with Crippen LogP contribution in [0.3, 0.4) is 0 Å². The van der Waals surface area contributed by atoms with Crippen LogP contribution in [0.25, 0.3) is 0 Å². The Morgan fingerprint density at radius 1 is 0.822 bits per heavy atom. The summed E-state index contributed by atoms with van der Waals surface area (Å²) in [7, 11) is 0. The molecule has 0 aromatic carbocycles. The number of aliphatic imine (C=N–C) groups is 1. The molecule has 4 rings (SSSR count). The molecule has 2 N–H and O–H groups in total. The molecule has 0 bridgehead atoms. The Morgan fingerprint density at radius 2 is 1.38 bits per heavy atom. The van der Waals surface area contributed by atoms with E-state index in [1.165, 1.54) is 64.2 Å². The molecule has 1 unspecified atom stereocenters. The molecule has 3 aliphatic rings. The first-order valence-corrected chi connectivity index (χ1v) is 17.7. The van der Waals surface area contributed by atoms with Gasteiger partial charge < -0.3 is 19.9 Å². The highest BCUT2D eigenvalue weighted by molar-refractivity contribution is 5.73. The number of cyclic esters (lactones) is 1. The summed E-state index contributed by atoms with van der Waals surface area (Å²) in [6, 6.07) is 0. The molecular weight excluding hydrogens is 575 g/mol. The number of aromatic nitrogens is 2. The van der Waals surface area contributed by atoms with Crippen molar-refractivity contribution >= 4 is 29.7 Å². The lowest BCUT2D eigenvalue weighted by molar-refractivity contribution is -0.171. The van der Waals surface area contributed by atoms with Gasteiger partial charge in [-0.05, 0) is 44.9 Å². The maximum absolute atomic E-state index is 13.7. The number of carbonyl (C=O) groups is 2. The van der Waals surface area contributed by atoms with E-state index in [9.17, 15) is 14.0 Å². The average Bonchev–Trinajstić information content (AvgIpc) is 3.15. The predicted molar refractivity (Wildman–Crippen MR) is 173 cm³/mol. The highest BCUT2D eigenvalue weighted by Gasteiger charge is 2.49. The van der Waals surface area contributed by atoms with Gasteiger partial charge in [-0.3, -0.25) is 14.6 Å². The van der Waals surface area contributed by atoms with Gasteiger partial charge in [0.15, 0.2) is 5.82 Å². The Kier molecular flexibility index (Phi) is 14.5. The van der Waals surface area contributed by atoms with Gasteiger partial charge in [0.1, 0.15) is 24.0 Å². The molecule has 9 nitrogen and oxygen atoms in total. The highest BCUT2D eigenvalue weighted by Crippen LogP contribution is 2.38. The first-order valence-electron chi connectivity index (χ1n) is 17.7. The Bertz CT molecular complexity index is 1120. The van der Waals surface area contributed by atoms with Crippen LogP contribution in [0.5, 0.6) is 0 Å². The Morgan fingerprint density at radius 3 is 1.98 bits per heavy atom. The van der Waals surface area contributed by atoms with E-state index in [1.54, 1.807) is 0 Å². The summed E-state index contributed by atoms with van der Waals surface area (Å²) in [6.07, 6.45) is 22.3. The number of halogens is 1. The number of hydrogen-bond acceptors (Lipinski definition) is 9. The molecule has 0 spiro atoms. The molecule has 3 aliphatic heterocycles. The van der Waals surface area contributed by atoms with Crippen LogP contribution in [-0.2, 0) is 30.2 Å². The zero-order valence-corrected chi connectivity index (χ0v) is 27.4. The van der Waals surface area contributed by atoms with Gasteiger partial charge in [0, 0.05) is 25.5 Å². The van der Waals surface area contributed by atoms with Crippen molar-refractivity contribution in [3.05, 3.63) is 11.8 Å². The molecule has 0 amide bonds. The third-order valence-corrected chi connectivity index (χ3v) is 9.59. The SMILES string of the molecule is C[C@@]12COC(=O)CCCCCCCCCCCCCCCCCCC(=O)O[C@H]1C[C@H](CC1C=Nc3c(N)nc(F)nc3CC1)O2. The van der Waals surface area contributed by atoms with Crippen LogP contribution in [0, 0.1) is 12.0 Å². The minimum atomic E-state index is -0.938. The van der Waals surface area contributed by atoms with E-state index in [0.29, 0.717) is 49.9 Å². The van der Waals surface area contributed by atoms with E-state index in [2.05, 4.69) is 15.0 Å². The van der Waals surface area contributed by atoms with E-state index in [-0.39, 0.29) is 36.4 Å². The molecule has 4 heterocycles. The lowest BCUT2D eigenvalue weighted by atomic mass is 9.93. The molecule has 1 aromatic heterocycles. The van der Waals surface area contributed by atoms with Gasteiger partial charge in [0.05, 0.1) is 11.8 Å². The van der Waals surface area contributed by atoms with Crippen LogP contribution in [0.1, 0.15) is 147 Å². The van der Waals surface area contributed by atoms with Crippen molar-refractivity contribution in [3.8, 4) is 0 Å². The number of ether oxygens (including phenoxy) is 3. The minimum absolute atomic E-state index is 0.0296. The fraction of sp³-hybridized carbons (Fsp3) is 0.800. The summed E-state index contributed by atoms with van der Waals surface area (Å²) in [5.74, 6) is -0.400. The van der Waals surface area contributed by atoms with Crippen molar-refractivity contribution in [1.82, 2.24) is 9.97 Å². The molecule has 45 heavy (non-hydrogen) atoms. The number of rotatable bonds is 2. The van der Waals surface area contributed by atoms with Gasteiger partial charge in [0.2, 0.25) is 0 Å². The van der Waals surface area contributed by atoms with Crippen molar-refractivity contribution in [1.29, 1.82) is 0 Å². The van der Waals surface area contributed by atoms with Crippen LogP contribution in [0.4, 0.5) is 15.9 Å². The number of esters is 2. The lowest BCUT2D eigenvalue weighted by Crippen LogP contribution is -2.44. The summed E-state index contributed by atoms with van der Waals surface area (Å²) < 4.78 is 32.0. The zero-order chi connectivity index (χ0) is 31.9. The van der Waals surface area contributed by atoms with E-state index < -0.39 is 17.8 Å². The van der Waals surface area contributed by atoms with Crippen LogP contribution in [0.15, 0.2) is 4.99 Å². The van der Waals surface area contributed by atoms with E-state index in [1.807, 2.05) is 13.1 Å². The summed E-state index contributed by atoms with van der Waals surface area (Å²) in [5.41, 5.74) is 5.88. The van der Waals surface area contributed by atoms with Gasteiger partial charge in [-0.1, -0.05) is 89.9 Å². The lowest BCUT2D eigenvalue weighted by Gasteiger charge is -2.30. The Balaban J connectivity index is 1.33. The summed E-state index contributed by atoms with van der Waals surface area (Å²) in [4.78, 5) is 37.6. The molecule has 1 aromatic rings. The fourth-order valence-corrected chi connectivity index (χ4v) is 6.86. The molecule has 252 valence electrons. The molecule has 0 radical (unpaired) electrons. The Hall–Kier alpha value is -2.62. The smallest absolute Gasteiger partial charge is 0.310 e. The predicted octanol–water partition coefficient (Wildman–Crippen LogP) is 7.89. The normalized spacial score (nSPS) is 29.2. The molecular formula is C35H55FN4O5. The standard InChI is InChI=1S/C35H55FN4O5/c1-35-25-43-30(41)18-16-14-12-10-8-6-4-2-3-5-7-9-11-13-15-17-19-31(42)44-29(35)23-27(45-35)22-26-20-21-28-32(38-24-26)33(37)40-34(36)39-28/h24,26-27,29H,2-23,25H2,1H3,(H2,37,39,40)/t26?,27-,29-,35+/m0/s1. The number of nitrogen functional groups attached to an aromatic ring is 1. The van der Waals surface area contributed by atoms with Gasteiger partial charge >= 0.3 is 18.0 Å². The third kappa shape index (κ3) is 11.9. The van der Waals surface area contributed by atoms with Gasteiger partial charge in [0.25, 0.3) is 0 Å². The van der Waals surface area contributed by atoms with Crippen molar-refractivity contribution in [2.75, 3.05) is 12.3 Å². The number of aryl methyl sites for hydroxylation is 1. The van der Waals surface area contributed by atoms with Crippen molar-refractivity contribution in [2.24, 2.45) is 10.9 Å². The van der Waals surface area contributed by atoms with Gasteiger partial charge in [-0.2, -0.15) is 9.37 Å². The second-order valence-corrected chi connectivity index (χ2v) is 13.6. The third-order valence-electron chi connectivity index (χ3n) is 9.59. The average molecular weight is 631 g/mol. The first-order chi connectivity index (χ1) is 21.8. The summed E-state index contributed by atoms with van der Waals surface area (Å²) in [6.45, 7) is 1.91. The second kappa shape index (κ2) is 18.5. The minimum Gasteiger partial charge on any atom is -0.462 e. The number of hydrogen-bond donors (Lipinski definition) is 1. The number of anilines is 1. The van der Waals surface area contributed by atoms with E-state index >= 15 is 0 Å². The summed E-state index contributed by atoms with van der Waals surface area (Å²) >= 11 is 0. The van der Waals surface area contributed by atoms with Crippen molar-refractivity contribution < 1.29 is 28.2 Å². The van der Waals surface area contributed by atoms with E-state index in [4.69, 9.17) is 19.9 Å². The molecule has 0 aliphatic carbocycles. The van der Waals surface area contributed by atoms with Crippen molar-refractivity contribution in [3.63, 3.8) is 0 Å². The largest absolute Gasteiger partial charge is 0.462 e. The molecule has 10 heteroatoms. The van der Waals surface area contributed by atoms with Crippen LogP contribution < -0.4 is 5.73 Å². The van der Waals surface area contributed by atoms with Crippen LogP contribution in [-0.4, -0.2) is 52.5 Å². The summed E-state index contributed by atoms with van der Waals surface area (Å²) in [5, 5.41) is 0. The molecule has 2 saturated heterocycles. The Labute approximate surface area is 268 Å². The molecule has 2 fully saturated rings.